The number of carboxylic acids is 1. The van der Waals surface area contributed by atoms with Crippen molar-refractivity contribution >= 4 is 21.9 Å². The highest BCUT2D eigenvalue weighted by Crippen LogP contribution is 2.22. The molecule has 1 aromatic rings. The number of anilines is 1. The van der Waals surface area contributed by atoms with Gasteiger partial charge in [0.2, 0.25) is 0 Å². The number of benzene rings is 1. The fraction of sp³-hybridized carbons (Fsp3) is 0.417. The maximum Gasteiger partial charge on any atom is 0.337 e. The van der Waals surface area contributed by atoms with Gasteiger partial charge in [-0.2, -0.15) is 12.7 Å². The molecule has 1 aromatic carbocycles. The van der Waals surface area contributed by atoms with Crippen LogP contribution in [0, 0.1) is 5.82 Å². The van der Waals surface area contributed by atoms with Crippen molar-refractivity contribution in [1.29, 1.82) is 0 Å². The topological polar surface area (TPSA) is 86.7 Å². The Labute approximate surface area is 117 Å². The highest BCUT2D eigenvalue weighted by molar-refractivity contribution is 7.90. The van der Waals surface area contributed by atoms with Gasteiger partial charge in [0.05, 0.1) is 11.3 Å². The summed E-state index contributed by atoms with van der Waals surface area (Å²) < 4.78 is 40.6. The molecule has 112 valence electrons. The third-order valence-electron chi connectivity index (χ3n) is 2.71. The average molecular weight is 304 g/mol. The molecule has 1 rings (SSSR count). The Hall–Kier alpha value is -1.67. The lowest BCUT2D eigenvalue weighted by Gasteiger charge is -2.19. The fourth-order valence-electron chi connectivity index (χ4n) is 1.51. The molecule has 2 N–H and O–H groups in total. The van der Waals surface area contributed by atoms with E-state index in [0.717, 1.165) is 22.9 Å². The van der Waals surface area contributed by atoms with Gasteiger partial charge in [0.25, 0.3) is 0 Å². The van der Waals surface area contributed by atoms with E-state index >= 15 is 0 Å². The van der Waals surface area contributed by atoms with Crippen molar-refractivity contribution in [2.75, 3.05) is 18.3 Å². The van der Waals surface area contributed by atoms with Crippen LogP contribution in [0.25, 0.3) is 0 Å². The standard InChI is InChI=1S/C12H17FN2O4S/c1-3-4-8-15(2)20(18,19)14-11-9(12(16)17)6-5-7-10(11)13/h5-7,14H,3-4,8H2,1-2H3,(H,16,17). The smallest absolute Gasteiger partial charge is 0.337 e. The summed E-state index contributed by atoms with van der Waals surface area (Å²) in [5, 5.41) is 8.95. The minimum Gasteiger partial charge on any atom is -0.478 e. The average Bonchev–Trinajstić information content (AvgIpc) is 2.37. The molecule has 0 unspecified atom stereocenters. The second-order valence-electron chi connectivity index (χ2n) is 4.25. The predicted octanol–water partition coefficient (Wildman–Crippen LogP) is 1.91. The van der Waals surface area contributed by atoms with Crippen LogP contribution in [0.4, 0.5) is 10.1 Å². The zero-order valence-electron chi connectivity index (χ0n) is 11.3. The van der Waals surface area contributed by atoms with Crippen molar-refractivity contribution in [3.8, 4) is 0 Å². The molecule has 20 heavy (non-hydrogen) atoms. The van der Waals surface area contributed by atoms with Crippen LogP contribution in [-0.4, -0.2) is 37.4 Å². The van der Waals surface area contributed by atoms with Crippen molar-refractivity contribution in [3.05, 3.63) is 29.6 Å². The van der Waals surface area contributed by atoms with Crippen molar-refractivity contribution in [3.63, 3.8) is 0 Å². The Kier molecular flexibility index (Phi) is 5.46. The maximum atomic E-state index is 13.6. The number of nitrogens with zero attached hydrogens (tertiary/aromatic N) is 1. The molecule has 0 aliphatic heterocycles. The van der Waals surface area contributed by atoms with Crippen molar-refractivity contribution in [2.24, 2.45) is 0 Å². The minimum atomic E-state index is -3.98. The van der Waals surface area contributed by atoms with Crippen LogP contribution < -0.4 is 4.72 Å². The molecule has 0 bridgehead atoms. The second-order valence-corrected chi connectivity index (χ2v) is 6.03. The van der Waals surface area contributed by atoms with Crippen LogP contribution >= 0.6 is 0 Å². The van der Waals surface area contributed by atoms with E-state index in [9.17, 15) is 17.6 Å². The number of carboxylic acid groups (broad SMARTS) is 1. The van der Waals surface area contributed by atoms with E-state index in [2.05, 4.69) is 0 Å². The largest absolute Gasteiger partial charge is 0.478 e. The Morgan fingerprint density at radius 3 is 2.65 bits per heavy atom. The molecular weight excluding hydrogens is 287 g/mol. The maximum absolute atomic E-state index is 13.6. The van der Waals surface area contributed by atoms with Crippen molar-refractivity contribution in [1.82, 2.24) is 4.31 Å². The van der Waals surface area contributed by atoms with Gasteiger partial charge in [0.15, 0.2) is 0 Å². The van der Waals surface area contributed by atoms with Gasteiger partial charge in [0.1, 0.15) is 5.82 Å². The molecule has 8 heteroatoms. The van der Waals surface area contributed by atoms with E-state index in [0.29, 0.717) is 6.42 Å². The number of unbranched alkanes of at least 4 members (excludes halogenated alkanes) is 1. The first-order valence-electron chi connectivity index (χ1n) is 6.05. The van der Waals surface area contributed by atoms with E-state index < -0.39 is 33.2 Å². The van der Waals surface area contributed by atoms with Gasteiger partial charge in [-0.3, -0.25) is 4.72 Å². The molecule has 0 aliphatic carbocycles. The van der Waals surface area contributed by atoms with Gasteiger partial charge in [-0.15, -0.1) is 0 Å². The highest BCUT2D eigenvalue weighted by Gasteiger charge is 2.22. The Morgan fingerprint density at radius 2 is 2.10 bits per heavy atom. The molecule has 0 heterocycles. The molecule has 0 aromatic heterocycles. The van der Waals surface area contributed by atoms with Gasteiger partial charge in [-0.1, -0.05) is 19.4 Å². The normalized spacial score (nSPS) is 11.6. The van der Waals surface area contributed by atoms with Crippen LogP contribution in [0.5, 0.6) is 0 Å². The summed E-state index contributed by atoms with van der Waals surface area (Å²) in [5.41, 5.74) is -0.985. The molecule has 0 spiro atoms. The Bertz CT molecular complexity index is 589. The number of hydrogen-bond acceptors (Lipinski definition) is 3. The molecule has 6 nitrogen and oxygen atoms in total. The zero-order valence-corrected chi connectivity index (χ0v) is 12.1. The molecule has 0 saturated carbocycles. The molecule has 0 fully saturated rings. The molecule has 0 atom stereocenters. The summed E-state index contributed by atoms with van der Waals surface area (Å²) in [5.74, 6) is -2.34. The predicted molar refractivity (Wildman–Crippen MR) is 73.4 cm³/mol. The van der Waals surface area contributed by atoms with Crippen LogP contribution in [0.1, 0.15) is 30.1 Å². The van der Waals surface area contributed by atoms with E-state index in [1.807, 2.05) is 11.6 Å². The van der Waals surface area contributed by atoms with Crippen molar-refractivity contribution in [2.45, 2.75) is 19.8 Å². The number of nitrogens with one attached hydrogen (secondary N) is 1. The van der Waals surface area contributed by atoms with Gasteiger partial charge in [-0.25, -0.2) is 9.18 Å². The molecular formula is C12H17FN2O4S. The summed E-state index contributed by atoms with van der Waals surface area (Å²) in [7, 11) is -2.64. The van der Waals surface area contributed by atoms with Crippen LogP contribution in [0.3, 0.4) is 0 Å². The number of para-hydroxylation sites is 1. The van der Waals surface area contributed by atoms with E-state index in [1.54, 1.807) is 0 Å². The van der Waals surface area contributed by atoms with Crippen LogP contribution in [0.2, 0.25) is 0 Å². The Morgan fingerprint density at radius 1 is 1.45 bits per heavy atom. The molecule has 0 aliphatic rings. The quantitative estimate of drug-likeness (QED) is 0.805. The summed E-state index contributed by atoms with van der Waals surface area (Å²) in [4.78, 5) is 11.0. The summed E-state index contributed by atoms with van der Waals surface area (Å²) in [6.45, 7) is 2.18. The molecule has 0 amide bonds. The first kappa shape index (κ1) is 16.4. The van der Waals surface area contributed by atoms with E-state index in [1.165, 1.54) is 13.1 Å². The lowest BCUT2D eigenvalue weighted by molar-refractivity contribution is 0.0697. The lowest BCUT2D eigenvalue weighted by Crippen LogP contribution is -2.34. The van der Waals surface area contributed by atoms with Gasteiger partial charge >= 0.3 is 16.2 Å². The summed E-state index contributed by atoms with van der Waals surface area (Å²) in [6.07, 6.45) is 1.46. The SMILES string of the molecule is CCCCN(C)S(=O)(=O)Nc1c(F)cccc1C(=O)O. The third-order valence-corrected chi connectivity index (χ3v) is 4.18. The van der Waals surface area contributed by atoms with Gasteiger partial charge in [-0.05, 0) is 18.6 Å². The fourth-order valence-corrected chi connectivity index (χ4v) is 2.50. The molecule has 0 saturated heterocycles. The number of rotatable bonds is 7. The first-order valence-corrected chi connectivity index (χ1v) is 7.49. The highest BCUT2D eigenvalue weighted by atomic mass is 32.2. The van der Waals surface area contributed by atoms with Gasteiger partial charge < -0.3 is 5.11 Å². The zero-order chi connectivity index (χ0) is 15.3. The number of halogens is 1. The number of hydrogen-bond donors (Lipinski definition) is 2. The van der Waals surface area contributed by atoms with Crippen LogP contribution in [-0.2, 0) is 10.2 Å². The van der Waals surface area contributed by atoms with Gasteiger partial charge in [0, 0.05) is 13.6 Å². The number of carbonyl (C=O) groups is 1. The summed E-state index contributed by atoms with van der Waals surface area (Å²) in [6, 6.07) is 3.34. The van der Waals surface area contributed by atoms with Crippen LogP contribution in [0.15, 0.2) is 18.2 Å². The monoisotopic (exact) mass is 304 g/mol. The first-order chi connectivity index (χ1) is 9.29. The molecule has 0 radical (unpaired) electrons. The third kappa shape index (κ3) is 3.91. The Balaban J connectivity index is 3.06. The second kappa shape index (κ2) is 6.67. The van der Waals surface area contributed by atoms with E-state index in [-0.39, 0.29) is 6.54 Å². The summed E-state index contributed by atoms with van der Waals surface area (Å²) >= 11 is 0. The minimum absolute atomic E-state index is 0.267. The number of aromatic carboxylic acids is 1. The lowest BCUT2D eigenvalue weighted by atomic mass is 10.2. The van der Waals surface area contributed by atoms with Crippen molar-refractivity contribution < 1.29 is 22.7 Å². The van der Waals surface area contributed by atoms with E-state index in [4.69, 9.17) is 5.11 Å².